The van der Waals surface area contributed by atoms with Crippen molar-refractivity contribution in [1.82, 2.24) is 0 Å². The molecule has 0 radical (unpaired) electrons. The van der Waals surface area contributed by atoms with Crippen LogP contribution in [-0.4, -0.2) is 49.8 Å². The van der Waals surface area contributed by atoms with Gasteiger partial charge in [-0.25, -0.2) is 0 Å². The third-order valence-electron chi connectivity index (χ3n) is 5.87. The van der Waals surface area contributed by atoms with E-state index in [0.717, 1.165) is 51.4 Å². The summed E-state index contributed by atoms with van der Waals surface area (Å²) in [5.41, 5.74) is 0. The number of hydrogen-bond donors (Lipinski definition) is 2. The fraction of sp³-hybridized carbons (Fsp3) is 1.00. The number of aliphatic hydroxyl groups is 2. The third-order valence-corrected chi connectivity index (χ3v) is 8.90. The predicted molar refractivity (Wildman–Crippen MR) is 141 cm³/mol. The normalized spacial score (nSPS) is 17.8. The van der Waals surface area contributed by atoms with Crippen molar-refractivity contribution in [2.45, 2.75) is 143 Å². The van der Waals surface area contributed by atoms with E-state index < -0.39 is 22.2 Å². The van der Waals surface area contributed by atoms with Gasteiger partial charge in [-0.15, -0.1) is 58.0 Å². The number of rotatable bonds is 22. The molecule has 2 N–H and O–H groups in total. The molecule has 0 heterocycles. The predicted octanol–water partition coefficient (Wildman–Crippen LogP) is 8.64. The summed E-state index contributed by atoms with van der Waals surface area (Å²) < 4.78 is 0. The van der Waals surface area contributed by atoms with Gasteiger partial charge in [-0.05, 0) is 19.3 Å². The van der Waals surface area contributed by atoms with E-state index in [4.69, 9.17) is 63.1 Å². The zero-order valence-electron chi connectivity index (χ0n) is 19.3. The summed E-state index contributed by atoms with van der Waals surface area (Å²) in [6, 6.07) is 0. The minimum Gasteiger partial charge on any atom is -0.396 e. The second kappa shape index (κ2) is 21.9. The smallest absolute Gasteiger partial charge is 0.0896 e. The van der Waals surface area contributed by atoms with Crippen LogP contribution in [-0.2, 0) is 0 Å². The van der Waals surface area contributed by atoms with Crippen molar-refractivity contribution in [2.24, 2.45) is 0 Å². The van der Waals surface area contributed by atoms with Gasteiger partial charge in [0.05, 0.1) is 33.0 Å². The molecule has 188 valence electrons. The molecule has 0 saturated heterocycles. The van der Waals surface area contributed by atoms with Crippen molar-refractivity contribution in [3.8, 4) is 0 Å². The highest BCUT2D eigenvalue weighted by atomic mass is 35.5. The molecular formula is C24H45Cl5O2. The van der Waals surface area contributed by atoms with Gasteiger partial charge in [-0.1, -0.05) is 90.4 Å². The summed E-state index contributed by atoms with van der Waals surface area (Å²) in [5.74, 6) is 0. The van der Waals surface area contributed by atoms with E-state index in [-0.39, 0.29) is 10.8 Å². The Kier molecular flexibility index (Phi) is 22.8. The number of unbranched alkanes of at least 4 members (excludes halogenated alkanes) is 12. The maximum atomic E-state index is 10.6. The Labute approximate surface area is 216 Å². The van der Waals surface area contributed by atoms with Crippen molar-refractivity contribution in [2.75, 3.05) is 6.61 Å². The van der Waals surface area contributed by atoms with Crippen LogP contribution < -0.4 is 0 Å². The molecule has 31 heavy (non-hydrogen) atoms. The first-order valence-electron chi connectivity index (χ1n) is 12.4. The molecule has 0 amide bonds. The lowest BCUT2D eigenvalue weighted by atomic mass is 9.99. The molecule has 0 bridgehead atoms. The lowest BCUT2D eigenvalue weighted by Crippen LogP contribution is -2.43. The fourth-order valence-corrected chi connectivity index (χ4v) is 5.38. The Morgan fingerprint density at radius 1 is 0.516 bits per heavy atom. The Morgan fingerprint density at radius 2 is 0.903 bits per heavy atom. The molecule has 0 unspecified atom stereocenters. The first kappa shape index (κ1) is 32.4. The molecular weight excluding hydrogens is 498 g/mol. The second-order valence-electron chi connectivity index (χ2n) is 8.75. The molecule has 7 heteroatoms. The summed E-state index contributed by atoms with van der Waals surface area (Å²) in [7, 11) is 0. The highest BCUT2D eigenvalue weighted by molar-refractivity contribution is 6.36. The molecule has 0 rings (SSSR count). The van der Waals surface area contributed by atoms with Crippen LogP contribution in [0.2, 0.25) is 0 Å². The lowest BCUT2D eigenvalue weighted by molar-refractivity contribution is 0.157. The van der Waals surface area contributed by atoms with E-state index in [1.165, 1.54) is 51.4 Å². The van der Waals surface area contributed by atoms with Gasteiger partial charge in [0.1, 0.15) is 0 Å². The minimum atomic E-state index is -0.992. The van der Waals surface area contributed by atoms with Crippen LogP contribution in [0, 0.1) is 0 Å². The van der Waals surface area contributed by atoms with E-state index in [1.807, 2.05) is 0 Å². The van der Waals surface area contributed by atoms with Gasteiger partial charge in [-0.2, -0.15) is 0 Å². The van der Waals surface area contributed by atoms with Gasteiger partial charge in [-0.3, -0.25) is 0 Å². The fourth-order valence-electron chi connectivity index (χ4n) is 3.73. The largest absolute Gasteiger partial charge is 0.396 e. The molecule has 0 spiro atoms. The van der Waals surface area contributed by atoms with Crippen LogP contribution in [0.1, 0.15) is 110 Å². The third kappa shape index (κ3) is 16.6. The molecule has 0 saturated carbocycles. The summed E-state index contributed by atoms with van der Waals surface area (Å²) in [5, 5.41) is 16.8. The molecule has 2 nitrogen and oxygen atoms in total. The zero-order chi connectivity index (χ0) is 23.5. The average Bonchev–Trinajstić information content (AvgIpc) is 2.77. The Morgan fingerprint density at radius 3 is 1.35 bits per heavy atom. The SMILES string of the molecule is CCCCCCCC[C@H](Cl)[C@@H](Cl)[C@@H](O)[C@H](Cl)[C@@H](Cl)[C@H](Cl)CCCCCCCCCCO. The highest BCUT2D eigenvalue weighted by Crippen LogP contribution is 2.30. The van der Waals surface area contributed by atoms with Crippen molar-refractivity contribution in [1.29, 1.82) is 0 Å². The van der Waals surface area contributed by atoms with Crippen LogP contribution >= 0.6 is 58.0 Å². The number of halogens is 5. The van der Waals surface area contributed by atoms with Crippen molar-refractivity contribution in [3.05, 3.63) is 0 Å². The lowest BCUT2D eigenvalue weighted by Gasteiger charge is -2.29. The maximum absolute atomic E-state index is 10.6. The number of alkyl halides is 5. The van der Waals surface area contributed by atoms with Crippen LogP contribution in [0.5, 0.6) is 0 Å². The molecule has 0 aliphatic rings. The highest BCUT2D eigenvalue weighted by Gasteiger charge is 2.36. The van der Waals surface area contributed by atoms with E-state index in [1.54, 1.807) is 0 Å². The Balaban J connectivity index is 4.03. The van der Waals surface area contributed by atoms with Gasteiger partial charge in [0, 0.05) is 6.61 Å². The molecule has 0 aromatic heterocycles. The summed E-state index contributed by atoms with van der Waals surface area (Å²) in [6.07, 6.45) is 16.6. The van der Waals surface area contributed by atoms with Gasteiger partial charge in [0.25, 0.3) is 0 Å². The van der Waals surface area contributed by atoms with Gasteiger partial charge in [0.15, 0.2) is 0 Å². The molecule has 0 fully saturated rings. The average molecular weight is 543 g/mol. The van der Waals surface area contributed by atoms with E-state index in [9.17, 15) is 5.11 Å². The molecule has 0 aliphatic carbocycles. The first-order valence-corrected chi connectivity index (χ1v) is 14.5. The zero-order valence-corrected chi connectivity index (χ0v) is 23.0. The Bertz CT molecular complexity index is 389. The van der Waals surface area contributed by atoms with Crippen molar-refractivity contribution < 1.29 is 10.2 Å². The van der Waals surface area contributed by atoms with Crippen molar-refractivity contribution >= 4 is 58.0 Å². The van der Waals surface area contributed by atoms with Crippen LogP contribution in [0.3, 0.4) is 0 Å². The minimum absolute atomic E-state index is 0.294. The van der Waals surface area contributed by atoms with Crippen molar-refractivity contribution in [3.63, 3.8) is 0 Å². The molecule has 0 aromatic rings. The quantitative estimate of drug-likeness (QED) is 0.106. The van der Waals surface area contributed by atoms with Crippen LogP contribution in [0.15, 0.2) is 0 Å². The van der Waals surface area contributed by atoms with Crippen LogP contribution in [0.25, 0.3) is 0 Å². The maximum Gasteiger partial charge on any atom is 0.0896 e. The van der Waals surface area contributed by atoms with Gasteiger partial charge in [0.2, 0.25) is 0 Å². The summed E-state index contributed by atoms with van der Waals surface area (Å²) >= 11 is 32.2. The summed E-state index contributed by atoms with van der Waals surface area (Å²) in [4.78, 5) is 0. The Hall–Kier alpha value is 1.37. The van der Waals surface area contributed by atoms with Crippen LogP contribution in [0.4, 0.5) is 0 Å². The van der Waals surface area contributed by atoms with E-state index in [2.05, 4.69) is 6.92 Å². The second-order valence-corrected chi connectivity index (χ2v) is 11.4. The molecule has 0 aromatic carbocycles. The first-order chi connectivity index (χ1) is 14.9. The number of hydrogen-bond acceptors (Lipinski definition) is 2. The molecule has 0 aliphatic heterocycles. The monoisotopic (exact) mass is 540 g/mol. The summed E-state index contributed by atoms with van der Waals surface area (Å²) in [6.45, 7) is 2.50. The standard InChI is InChI=1S/C24H45Cl5O2/c1-2-3-4-5-10-14-17-20(26)22(28)24(31)23(29)21(27)19(25)16-13-11-8-6-7-9-12-15-18-30/h19-24,30-31H,2-18H2,1H3/t19-,20+,21+,22-,23-,24-/m1/s1. The topological polar surface area (TPSA) is 40.5 Å². The van der Waals surface area contributed by atoms with E-state index in [0.29, 0.717) is 6.61 Å². The van der Waals surface area contributed by atoms with Gasteiger partial charge >= 0.3 is 0 Å². The number of aliphatic hydroxyl groups excluding tert-OH is 2. The van der Waals surface area contributed by atoms with E-state index >= 15 is 0 Å². The molecule has 6 atom stereocenters. The van der Waals surface area contributed by atoms with Gasteiger partial charge < -0.3 is 10.2 Å².